The number of hydrogen-bond acceptors (Lipinski definition) is 2. The largest absolute Gasteiger partial charge is 0.416 e. The maximum atomic E-state index is 13.0. The molecule has 138 valence electrons. The van der Waals surface area contributed by atoms with E-state index in [2.05, 4.69) is 10.5 Å². The monoisotopic (exact) mass is 375 g/mol. The zero-order valence-electron chi connectivity index (χ0n) is 13.7. The maximum Gasteiger partial charge on any atom is 0.416 e. The summed E-state index contributed by atoms with van der Waals surface area (Å²) < 4.78 is 52.9. The smallest absolute Gasteiger partial charge is 0.316 e. The second-order valence-corrected chi connectivity index (χ2v) is 5.56. The number of carbonyl (C=O) groups excluding carboxylic acids is 1. The van der Waals surface area contributed by atoms with Crippen molar-refractivity contribution in [3.05, 3.63) is 89.5 Å². The van der Waals surface area contributed by atoms with Crippen LogP contribution in [0.2, 0.25) is 0 Å². The molecule has 0 radical (unpaired) electrons. The first-order valence-corrected chi connectivity index (χ1v) is 7.78. The second-order valence-electron chi connectivity index (χ2n) is 5.56. The highest BCUT2D eigenvalue weighted by Gasteiger charge is 2.30. The van der Waals surface area contributed by atoms with Gasteiger partial charge in [0.1, 0.15) is 5.82 Å². The first-order valence-electron chi connectivity index (χ1n) is 7.78. The van der Waals surface area contributed by atoms with Crippen LogP contribution in [0.15, 0.2) is 72.0 Å². The normalized spacial score (nSPS) is 11.7. The third kappa shape index (κ3) is 4.41. The molecule has 8 heteroatoms. The zero-order chi connectivity index (χ0) is 19.4. The summed E-state index contributed by atoms with van der Waals surface area (Å²) in [6.07, 6.45) is -1.46. The SMILES string of the molecule is O=C(N/N=C\c1cccn1-c1ccc(F)cc1)c1cccc(C(F)(F)F)c1. The molecule has 3 aromatic rings. The van der Waals surface area contributed by atoms with Gasteiger partial charge in [-0.15, -0.1) is 0 Å². The average Bonchev–Trinajstić information content (AvgIpc) is 3.10. The third-order valence-electron chi connectivity index (χ3n) is 3.70. The third-order valence-corrected chi connectivity index (χ3v) is 3.70. The van der Waals surface area contributed by atoms with Crippen LogP contribution >= 0.6 is 0 Å². The number of amides is 1. The van der Waals surface area contributed by atoms with Crippen molar-refractivity contribution >= 4 is 12.1 Å². The Hall–Kier alpha value is -3.42. The number of hydrogen-bond donors (Lipinski definition) is 1. The summed E-state index contributed by atoms with van der Waals surface area (Å²) in [5.74, 6) is -1.13. The number of halogens is 4. The number of hydrazone groups is 1. The Kier molecular flexibility index (Phi) is 5.07. The molecular formula is C19H13F4N3O. The first kappa shape index (κ1) is 18.4. The van der Waals surface area contributed by atoms with E-state index in [-0.39, 0.29) is 11.4 Å². The van der Waals surface area contributed by atoms with Gasteiger partial charge in [0, 0.05) is 17.4 Å². The van der Waals surface area contributed by atoms with E-state index in [9.17, 15) is 22.4 Å². The summed E-state index contributed by atoms with van der Waals surface area (Å²) in [5.41, 5.74) is 2.40. The molecule has 0 saturated carbocycles. The molecular weight excluding hydrogens is 362 g/mol. The van der Waals surface area contributed by atoms with Crippen LogP contribution in [0.5, 0.6) is 0 Å². The summed E-state index contributed by atoms with van der Waals surface area (Å²) in [6, 6.07) is 13.3. The van der Waals surface area contributed by atoms with E-state index >= 15 is 0 Å². The first-order chi connectivity index (χ1) is 12.8. The van der Waals surface area contributed by atoms with Crippen LogP contribution in [-0.4, -0.2) is 16.7 Å². The van der Waals surface area contributed by atoms with E-state index in [1.807, 2.05) is 0 Å². The molecule has 0 fully saturated rings. The van der Waals surface area contributed by atoms with Gasteiger partial charge < -0.3 is 4.57 Å². The molecule has 1 N–H and O–H groups in total. The van der Waals surface area contributed by atoms with E-state index < -0.39 is 17.6 Å². The average molecular weight is 375 g/mol. The molecule has 0 aliphatic heterocycles. The molecule has 4 nitrogen and oxygen atoms in total. The number of aromatic nitrogens is 1. The molecule has 1 heterocycles. The minimum atomic E-state index is -4.53. The van der Waals surface area contributed by atoms with Gasteiger partial charge >= 0.3 is 6.18 Å². The van der Waals surface area contributed by atoms with E-state index in [1.54, 1.807) is 35.0 Å². The summed E-state index contributed by atoms with van der Waals surface area (Å²) in [5, 5.41) is 3.79. The van der Waals surface area contributed by atoms with Crippen molar-refractivity contribution < 1.29 is 22.4 Å². The van der Waals surface area contributed by atoms with Crippen LogP contribution in [-0.2, 0) is 6.18 Å². The molecule has 1 aromatic heterocycles. The Balaban J connectivity index is 1.73. The predicted molar refractivity (Wildman–Crippen MR) is 92.2 cm³/mol. The van der Waals surface area contributed by atoms with Gasteiger partial charge in [0.05, 0.1) is 17.5 Å². The minimum absolute atomic E-state index is 0.157. The van der Waals surface area contributed by atoms with Gasteiger partial charge in [0.25, 0.3) is 5.91 Å². The number of rotatable bonds is 4. The molecule has 0 atom stereocenters. The molecule has 0 saturated heterocycles. The van der Waals surface area contributed by atoms with E-state index in [0.717, 1.165) is 18.2 Å². The quantitative estimate of drug-likeness (QED) is 0.410. The number of alkyl halides is 3. The van der Waals surface area contributed by atoms with Crippen LogP contribution in [0.3, 0.4) is 0 Å². The summed E-state index contributed by atoms with van der Waals surface area (Å²) in [4.78, 5) is 12.0. The van der Waals surface area contributed by atoms with Crippen molar-refractivity contribution in [1.82, 2.24) is 9.99 Å². The molecule has 2 aromatic carbocycles. The molecule has 0 aliphatic rings. The zero-order valence-corrected chi connectivity index (χ0v) is 13.7. The van der Waals surface area contributed by atoms with Crippen molar-refractivity contribution in [2.75, 3.05) is 0 Å². The van der Waals surface area contributed by atoms with Crippen molar-refractivity contribution in [1.29, 1.82) is 0 Å². The van der Waals surface area contributed by atoms with Gasteiger partial charge in [0.15, 0.2) is 0 Å². The molecule has 3 rings (SSSR count). The van der Waals surface area contributed by atoms with E-state index in [1.165, 1.54) is 24.4 Å². The van der Waals surface area contributed by atoms with Gasteiger partial charge in [-0.25, -0.2) is 9.82 Å². The van der Waals surface area contributed by atoms with Crippen molar-refractivity contribution in [2.24, 2.45) is 5.10 Å². The highest BCUT2D eigenvalue weighted by Crippen LogP contribution is 2.29. The maximum absolute atomic E-state index is 13.0. The molecule has 0 aliphatic carbocycles. The molecule has 1 amide bonds. The van der Waals surface area contributed by atoms with Gasteiger partial charge in [-0.1, -0.05) is 6.07 Å². The predicted octanol–water partition coefficient (Wildman–Crippen LogP) is 4.40. The minimum Gasteiger partial charge on any atom is -0.316 e. The van der Waals surface area contributed by atoms with Crippen molar-refractivity contribution in [3.63, 3.8) is 0 Å². The summed E-state index contributed by atoms with van der Waals surface area (Å²) >= 11 is 0. The Morgan fingerprint density at radius 3 is 2.48 bits per heavy atom. The van der Waals surface area contributed by atoms with Gasteiger partial charge in [-0.05, 0) is 54.6 Å². The lowest BCUT2D eigenvalue weighted by atomic mass is 10.1. The Morgan fingerprint density at radius 2 is 1.78 bits per heavy atom. The van der Waals surface area contributed by atoms with Crippen LogP contribution in [0.4, 0.5) is 17.6 Å². The Bertz CT molecular complexity index is 975. The topological polar surface area (TPSA) is 46.4 Å². The Labute approximate surface area is 151 Å². The van der Waals surface area contributed by atoms with Crippen LogP contribution in [0, 0.1) is 5.82 Å². The van der Waals surface area contributed by atoms with E-state index in [4.69, 9.17) is 0 Å². The summed E-state index contributed by atoms with van der Waals surface area (Å²) in [6.45, 7) is 0. The number of benzene rings is 2. The highest BCUT2D eigenvalue weighted by molar-refractivity contribution is 5.95. The lowest BCUT2D eigenvalue weighted by Gasteiger charge is -2.08. The fourth-order valence-corrected chi connectivity index (χ4v) is 2.39. The van der Waals surface area contributed by atoms with Crippen LogP contribution < -0.4 is 5.43 Å². The highest BCUT2D eigenvalue weighted by atomic mass is 19.4. The fourth-order valence-electron chi connectivity index (χ4n) is 2.39. The summed E-state index contributed by atoms with van der Waals surface area (Å²) in [7, 11) is 0. The number of carbonyl (C=O) groups is 1. The number of nitrogens with zero attached hydrogens (tertiary/aromatic N) is 2. The van der Waals surface area contributed by atoms with Crippen LogP contribution in [0.1, 0.15) is 21.6 Å². The van der Waals surface area contributed by atoms with Crippen molar-refractivity contribution in [3.8, 4) is 5.69 Å². The molecule has 0 spiro atoms. The lowest BCUT2D eigenvalue weighted by Crippen LogP contribution is -2.18. The van der Waals surface area contributed by atoms with Gasteiger partial charge in [-0.2, -0.15) is 18.3 Å². The fraction of sp³-hybridized carbons (Fsp3) is 0.0526. The van der Waals surface area contributed by atoms with Gasteiger partial charge in [0.2, 0.25) is 0 Å². The molecule has 0 unspecified atom stereocenters. The van der Waals surface area contributed by atoms with Crippen molar-refractivity contribution in [2.45, 2.75) is 6.18 Å². The molecule has 0 bridgehead atoms. The van der Waals surface area contributed by atoms with Crippen LogP contribution in [0.25, 0.3) is 5.69 Å². The molecule has 27 heavy (non-hydrogen) atoms. The van der Waals surface area contributed by atoms with Gasteiger partial charge in [-0.3, -0.25) is 4.79 Å². The number of nitrogens with one attached hydrogen (secondary N) is 1. The lowest BCUT2D eigenvalue weighted by molar-refractivity contribution is -0.137. The van der Waals surface area contributed by atoms with E-state index in [0.29, 0.717) is 11.4 Å². The standard InChI is InChI=1S/C19H13F4N3O/c20-15-6-8-16(9-7-15)26-10-2-5-17(26)12-24-25-18(27)13-3-1-4-14(11-13)19(21,22)23/h1-12H,(H,25,27)/b24-12-. The Morgan fingerprint density at radius 1 is 1.04 bits per heavy atom. The second kappa shape index (κ2) is 7.45.